The van der Waals surface area contributed by atoms with Crippen molar-refractivity contribution in [3.05, 3.63) is 83.3 Å². The summed E-state index contributed by atoms with van der Waals surface area (Å²) >= 11 is 0. The van der Waals surface area contributed by atoms with E-state index in [9.17, 15) is 14.7 Å². The van der Waals surface area contributed by atoms with Gasteiger partial charge >= 0.3 is 0 Å². The summed E-state index contributed by atoms with van der Waals surface area (Å²) in [7, 11) is 0. The largest absolute Gasteiger partial charge is 0.459 e. The number of hydrogen-bond acceptors (Lipinski definition) is 5. The van der Waals surface area contributed by atoms with Crippen molar-refractivity contribution in [2.75, 3.05) is 13.1 Å². The van der Waals surface area contributed by atoms with Gasteiger partial charge in [-0.15, -0.1) is 0 Å². The standard InChI is InChI=1S/C26H26N2O5/c1-17(30)28-14-22(21-4-2-3-5-23(21)28)20-12-24(26(31)27-10-11-27)33-25(13-20)32-16-19-8-6-18(15-29)7-9-19/h2-9,12,14,20,25,29H,10-11,13,15-16H2,1H3/t20-,25+/m0/s1. The molecular formula is C26H26N2O5. The predicted octanol–water partition coefficient (Wildman–Crippen LogP) is 3.57. The maximum absolute atomic E-state index is 12.8. The molecular weight excluding hydrogens is 420 g/mol. The molecule has 1 saturated heterocycles. The van der Waals surface area contributed by atoms with E-state index < -0.39 is 6.29 Å². The molecule has 3 heterocycles. The van der Waals surface area contributed by atoms with E-state index >= 15 is 0 Å². The average Bonchev–Trinajstić information content (AvgIpc) is 3.62. The van der Waals surface area contributed by atoms with Crippen molar-refractivity contribution in [1.82, 2.24) is 9.47 Å². The van der Waals surface area contributed by atoms with Gasteiger partial charge in [-0.3, -0.25) is 14.2 Å². The van der Waals surface area contributed by atoms with E-state index in [1.165, 1.54) is 0 Å². The molecule has 0 bridgehead atoms. The molecule has 7 nitrogen and oxygen atoms in total. The number of aromatic nitrogens is 1. The lowest BCUT2D eigenvalue weighted by Gasteiger charge is -2.29. The molecule has 7 heteroatoms. The predicted molar refractivity (Wildman–Crippen MR) is 122 cm³/mol. The van der Waals surface area contributed by atoms with Gasteiger partial charge in [0.05, 0.1) is 18.7 Å². The number of amides is 1. The highest BCUT2D eigenvalue weighted by molar-refractivity contribution is 5.95. The maximum atomic E-state index is 12.8. The lowest BCUT2D eigenvalue weighted by atomic mass is 9.92. The number of ether oxygens (including phenoxy) is 2. The smallest absolute Gasteiger partial charge is 0.288 e. The van der Waals surface area contributed by atoms with Crippen LogP contribution >= 0.6 is 0 Å². The summed E-state index contributed by atoms with van der Waals surface area (Å²) in [5.74, 6) is -0.0298. The Balaban J connectivity index is 1.43. The molecule has 33 heavy (non-hydrogen) atoms. The van der Waals surface area contributed by atoms with Crippen molar-refractivity contribution < 1.29 is 24.2 Å². The van der Waals surface area contributed by atoms with Crippen LogP contribution in [-0.2, 0) is 27.5 Å². The molecule has 5 rings (SSSR count). The highest BCUT2D eigenvalue weighted by Gasteiger charge is 2.35. The molecule has 1 fully saturated rings. The maximum Gasteiger partial charge on any atom is 0.288 e. The molecule has 0 saturated carbocycles. The molecule has 0 aliphatic carbocycles. The number of hydrogen-bond donors (Lipinski definition) is 1. The Labute approximate surface area is 191 Å². The molecule has 2 aliphatic rings. The van der Waals surface area contributed by atoms with Gasteiger partial charge in [-0.1, -0.05) is 42.5 Å². The highest BCUT2D eigenvalue weighted by atomic mass is 16.7. The summed E-state index contributed by atoms with van der Waals surface area (Å²) in [5.41, 5.74) is 3.61. The van der Waals surface area contributed by atoms with E-state index in [0.29, 0.717) is 18.8 Å². The zero-order valence-electron chi connectivity index (χ0n) is 18.4. The lowest BCUT2D eigenvalue weighted by molar-refractivity contribution is -0.152. The van der Waals surface area contributed by atoms with Gasteiger partial charge in [0, 0.05) is 43.9 Å². The first-order valence-electron chi connectivity index (χ1n) is 11.1. The molecule has 1 aromatic heterocycles. The van der Waals surface area contributed by atoms with Gasteiger partial charge in [0.15, 0.2) is 5.76 Å². The van der Waals surface area contributed by atoms with Crippen LogP contribution in [0.2, 0.25) is 0 Å². The summed E-state index contributed by atoms with van der Waals surface area (Å²) in [6.07, 6.45) is 3.65. The first-order valence-corrected chi connectivity index (χ1v) is 11.1. The van der Waals surface area contributed by atoms with Gasteiger partial charge in [-0.25, -0.2) is 0 Å². The number of carbonyl (C=O) groups is 2. The van der Waals surface area contributed by atoms with Crippen LogP contribution in [0.1, 0.15) is 40.7 Å². The van der Waals surface area contributed by atoms with Crippen LogP contribution in [0.3, 0.4) is 0 Å². The fraction of sp³-hybridized carbons (Fsp3) is 0.308. The van der Waals surface area contributed by atoms with Gasteiger partial charge in [0.1, 0.15) is 0 Å². The van der Waals surface area contributed by atoms with E-state index in [2.05, 4.69) is 0 Å². The quantitative estimate of drug-likeness (QED) is 0.586. The molecule has 170 valence electrons. The van der Waals surface area contributed by atoms with E-state index in [4.69, 9.17) is 9.47 Å². The number of aliphatic hydroxyl groups is 1. The summed E-state index contributed by atoms with van der Waals surface area (Å²) in [6, 6.07) is 15.3. The minimum atomic E-state index is -0.601. The first-order chi connectivity index (χ1) is 16.0. The summed E-state index contributed by atoms with van der Waals surface area (Å²) < 4.78 is 13.7. The average molecular weight is 447 g/mol. The third-order valence-electron chi connectivity index (χ3n) is 6.13. The third-order valence-corrected chi connectivity index (χ3v) is 6.13. The number of nitrogens with zero attached hydrogens (tertiary/aromatic N) is 2. The summed E-state index contributed by atoms with van der Waals surface area (Å²) in [6.45, 7) is 3.32. The van der Waals surface area contributed by atoms with E-state index in [-0.39, 0.29) is 24.3 Å². The Hall–Kier alpha value is -3.42. The Kier molecular flexibility index (Phi) is 5.74. The van der Waals surface area contributed by atoms with Gasteiger partial charge in [0.25, 0.3) is 5.91 Å². The molecule has 0 radical (unpaired) electrons. The van der Waals surface area contributed by atoms with E-state index in [1.54, 1.807) is 16.4 Å². The number of aliphatic hydroxyl groups excluding tert-OH is 1. The SMILES string of the molecule is CC(=O)n1cc([C@H]2C=C(C(=O)N3CC3)O[C@@H](OCc3ccc(CO)cc3)C2)c2ccccc21. The second-order valence-electron chi connectivity index (χ2n) is 8.49. The molecule has 2 aromatic carbocycles. The third kappa shape index (κ3) is 4.42. The summed E-state index contributed by atoms with van der Waals surface area (Å²) in [4.78, 5) is 26.7. The van der Waals surface area contributed by atoms with Crippen LogP contribution in [-0.4, -0.2) is 45.8 Å². The van der Waals surface area contributed by atoms with Gasteiger partial charge in [-0.05, 0) is 28.8 Å². The normalized spacial score (nSPS) is 19.8. The molecule has 1 N–H and O–H groups in total. The zero-order valence-corrected chi connectivity index (χ0v) is 18.4. The Morgan fingerprint density at radius 3 is 2.52 bits per heavy atom. The van der Waals surface area contributed by atoms with Crippen molar-refractivity contribution in [3.8, 4) is 0 Å². The number of fused-ring (bicyclic) bond motifs is 1. The topological polar surface area (TPSA) is 80.8 Å². The molecule has 0 unspecified atom stereocenters. The highest BCUT2D eigenvalue weighted by Crippen LogP contribution is 2.37. The fourth-order valence-electron chi connectivity index (χ4n) is 4.23. The van der Waals surface area contributed by atoms with Crippen LogP contribution < -0.4 is 0 Å². The molecule has 2 aliphatic heterocycles. The number of benzene rings is 2. The van der Waals surface area contributed by atoms with Crippen LogP contribution in [0, 0.1) is 0 Å². The van der Waals surface area contributed by atoms with E-state index in [1.807, 2.05) is 60.8 Å². The van der Waals surface area contributed by atoms with Gasteiger partial charge in [-0.2, -0.15) is 0 Å². The molecule has 0 spiro atoms. The van der Waals surface area contributed by atoms with Crippen molar-refractivity contribution in [2.24, 2.45) is 0 Å². The van der Waals surface area contributed by atoms with Crippen molar-refractivity contribution in [1.29, 1.82) is 0 Å². The van der Waals surface area contributed by atoms with E-state index in [0.717, 1.165) is 40.7 Å². The number of rotatable bonds is 6. The van der Waals surface area contributed by atoms with Gasteiger partial charge in [0.2, 0.25) is 12.2 Å². The van der Waals surface area contributed by atoms with Crippen LogP contribution in [0.4, 0.5) is 0 Å². The second kappa shape index (κ2) is 8.84. The van der Waals surface area contributed by atoms with Crippen LogP contribution in [0.25, 0.3) is 10.9 Å². The number of allylic oxidation sites excluding steroid dienone is 1. The minimum Gasteiger partial charge on any atom is -0.459 e. The molecule has 3 aromatic rings. The fourth-order valence-corrected chi connectivity index (χ4v) is 4.23. The first kappa shape index (κ1) is 21.4. The Morgan fingerprint density at radius 2 is 1.82 bits per heavy atom. The summed E-state index contributed by atoms with van der Waals surface area (Å²) in [5, 5.41) is 10.2. The molecule has 2 atom stereocenters. The lowest BCUT2D eigenvalue weighted by Crippen LogP contribution is -2.29. The Morgan fingerprint density at radius 1 is 1.09 bits per heavy atom. The minimum absolute atomic E-state index is 0.00478. The van der Waals surface area contributed by atoms with Crippen LogP contribution in [0.5, 0.6) is 0 Å². The van der Waals surface area contributed by atoms with Crippen molar-refractivity contribution in [2.45, 2.75) is 38.8 Å². The van der Waals surface area contributed by atoms with Crippen LogP contribution in [0.15, 0.2) is 66.6 Å². The number of carbonyl (C=O) groups excluding carboxylic acids is 2. The Bertz CT molecular complexity index is 1220. The monoisotopic (exact) mass is 446 g/mol. The van der Waals surface area contributed by atoms with Gasteiger partial charge < -0.3 is 19.5 Å². The second-order valence-corrected chi connectivity index (χ2v) is 8.49. The van der Waals surface area contributed by atoms with Crippen molar-refractivity contribution >= 4 is 22.7 Å². The molecule has 1 amide bonds. The zero-order chi connectivity index (χ0) is 22.9. The van der Waals surface area contributed by atoms with Crippen molar-refractivity contribution in [3.63, 3.8) is 0 Å². The number of para-hydroxylation sites is 1.